The summed E-state index contributed by atoms with van der Waals surface area (Å²) in [4.78, 5) is 14.2. The number of aliphatic hydroxyl groups excluding tert-OH is 1. The molecule has 2 unspecified atom stereocenters. The van der Waals surface area contributed by atoms with Crippen molar-refractivity contribution in [2.45, 2.75) is 53.1 Å². The Bertz CT molecular complexity index is 319. The van der Waals surface area contributed by atoms with Crippen LogP contribution in [0, 0.1) is 11.3 Å². The van der Waals surface area contributed by atoms with Crippen LogP contribution in [-0.4, -0.2) is 55.0 Å². The van der Waals surface area contributed by atoms with Gasteiger partial charge in [0.25, 0.3) is 0 Å². The predicted molar refractivity (Wildman–Crippen MR) is 84.3 cm³/mol. The molecule has 2 amide bonds. The van der Waals surface area contributed by atoms with Gasteiger partial charge in [0, 0.05) is 32.2 Å². The lowest BCUT2D eigenvalue weighted by Crippen LogP contribution is -2.48. The first-order chi connectivity index (χ1) is 9.84. The van der Waals surface area contributed by atoms with Crippen LogP contribution in [0.3, 0.4) is 0 Å². The van der Waals surface area contributed by atoms with E-state index in [1.165, 1.54) is 0 Å². The highest BCUT2D eigenvalue weighted by atomic mass is 16.5. The number of hydrogen-bond donors (Lipinski definition) is 2. The van der Waals surface area contributed by atoms with E-state index < -0.39 is 0 Å². The van der Waals surface area contributed by atoms with Crippen LogP contribution in [0.4, 0.5) is 4.79 Å². The Kier molecular flexibility index (Phi) is 7.46. The summed E-state index contributed by atoms with van der Waals surface area (Å²) in [6, 6.07) is 0.00914. The van der Waals surface area contributed by atoms with E-state index in [9.17, 15) is 9.90 Å². The van der Waals surface area contributed by atoms with Crippen molar-refractivity contribution in [3.63, 3.8) is 0 Å². The number of carbonyl (C=O) groups is 1. The number of piperidine rings is 1. The van der Waals surface area contributed by atoms with Crippen LogP contribution in [0.15, 0.2) is 0 Å². The summed E-state index contributed by atoms with van der Waals surface area (Å²) in [5.74, 6) is 0.454. The number of urea groups is 1. The van der Waals surface area contributed by atoms with Gasteiger partial charge in [-0.1, -0.05) is 13.8 Å². The lowest BCUT2D eigenvalue weighted by atomic mass is 9.87. The number of aliphatic hydroxyl groups is 1. The number of hydrogen-bond acceptors (Lipinski definition) is 3. The third-order valence-electron chi connectivity index (χ3n) is 3.93. The molecule has 1 aliphatic rings. The van der Waals surface area contributed by atoms with Crippen molar-refractivity contribution in [2.75, 3.05) is 32.8 Å². The number of carbonyl (C=O) groups excluding carboxylic acids is 1. The second-order valence-corrected chi connectivity index (χ2v) is 6.99. The molecule has 0 radical (unpaired) electrons. The van der Waals surface area contributed by atoms with E-state index in [1.54, 1.807) is 6.92 Å². The zero-order valence-electron chi connectivity index (χ0n) is 14.0. The third kappa shape index (κ3) is 7.14. The highest BCUT2D eigenvalue weighted by Crippen LogP contribution is 2.22. The first-order valence-electron chi connectivity index (χ1n) is 8.12. The molecule has 0 saturated carbocycles. The van der Waals surface area contributed by atoms with Gasteiger partial charge >= 0.3 is 6.03 Å². The summed E-state index contributed by atoms with van der Waals surface area (Å²) >= 11 is 0. The molecular weight excluding hydrogens is 268 g/mol. The fraction of sp³-hybridized carbons (Fsp3) is 0.938. The van der Waals surface area contributed by atoms with Gasteiger partial charge in [0.15, 0.2) is 0 Å². The molecule has 5 heteroatoms. The molecule has 2 N–H and O–H groups in total. The minimum absolute atomic E-state index is 0.00914. The van der Waals surface area contributed by atoms with Gasteiger partial charge in [-0.2, -0.15) is 0 Å². The van der Waals surface area contributed by atoms with Crippen LogP contribution in [-0.2, 0) is 4.74 Å². The molecule has 1 aliphatic heterocycles. The SMILES string of the molecule is CCOCC1CCCN(C(=O)NCC(C)(C)CC(C)O)C1. The molecule has 2 atom stereocenters. The maximum atomic E-state index is 12.3. The number of likely N-dealkylation sites (tertiary alicyclic amines) is 1. The van der Waals surface area contributed by atoms with Gasteiger partial charge in [0.2, 0.25) is 0 Å². The first kappa shape index (κ1) is 18.2. The van der Waals surface area contributed by atoms with Crippen LogP contribution in [0.2, 0.25) is 0 Å². The summed E-state index contributed by atoms with van der Waals surface area (Å²) in [7, 11) is 0. The molecule has 0 aromatic heterocycles. The van der Waals surface area contributed by atoms with Gasteiger partial charge in [-0.15, -0.1) is 0 Å². The van der Waals surface area contributed by atoms with Crippen LogP contribution < -0.4 is 5.32 Å². The molecule has 21 heavy (non-hydrogen) atoms. The quantitative estimate of drug-likeness (QED) is 0.758. The third-order valence-corrected chi connectivity index (χ3v) is 3.93. The average Bonchev–Trinajstić information content (AvgIpc) is 2.41. The molecule has 0 bridgehead atoms. The van der Waals surface area contributed by atoms with Gasteiger partial charge in [-0.3, -0.25) is 0 Å². The summed E-state index contributed by atoms with van der Waals surface area (Å²) in [6.07, 6.45) is 2.52. The van der Waals surface area contributed by atoms with E-state index in [0.29, 0.717) is 18.9 Å². The van der Waals surface area contributed by atoms with Gasteiger partial charge in [-0.05, 0) is 38.5 Å². The molecule has 1 rings (SSSR count). The van der Waals surface area contributed by atoms with E-state index >= 15 is 0 Å². The van der Waals surface area contributed by atoms with E-state index in [0.717, 1.165) is 39.1 Å². The van der Waals surface area contributed by atoms with Crippen molar-refractivity contribution < 1.29 is 14.6 Å². The number of nitrogens with one attached hydrogen (secondary N) is 1. The lowest BCUT2D eigenvalue weighted by molar-refractivity contribution is 0.0744. The molecule has 124 valence electrons. The molecule has 5 nitrogen and oxygen atoms in total. The van der Waals surface area contributed by atoms with Gasteiger partial charge < -0.3 is 20.1 Å². The second kappa shape index (κ2) is 8.59. The highest BCUT2D eigenvalue weighted by Gasteiger charge is 2.26. The molecule has 0 aromatic carbocycles. The Morgan fingerprint density at radius 2 is 2.24 bits per heavy atom. The Morgan fingerprint density at radius 3 is 2.86 bits per heavy atom. The molecule has 0 aliphatic carbocycles. The minimum Gasteiger partial charge on any atom is -0.393 e. The topological polar surface area (TPSA) is 61.8 Å². The van der Waals surface area contributed by atoms with Crippen molar-refractivity contribution in [1.82, 2.24) is 10.2 Å². The Morgan fingerprint density at radius 1 is 1.52 bits per heavy atom. The van der Waals surface area contributed by atoms with E-state index in [2.05, 4.69) is 19.2 Å². The summed E-state index contributed by atoms with van der Waals surface area (Å²) in [5, 5.41) is 12.5. The number of amides is 2. The van der Waals surface area contributed by atoms with Gasteiger partial charge in [0.05, 0.1) is 12.7 Å². The number of rotatable bonds is 7. The number of nitrogens with zero attached hydrogens (tertiary/aromatic N) is 1. The van der Waals surface area contributed by atoms with Crippen LogP contribution in [0.25, 0.3) is 0 Å². The fourth-order valence-electron chi connectivity index (χ4n) is 2.97. The normalized spacial score (nSPS) is 21.2. The average molecular weight is 300 g/mol. The lowest BCUT2D eigenvalue weighted by Gasteiger charge is -2.34. The zero-order chi connectivity index (χ0) is 15.9. The maximum absolute atomic E-state index is 12.3. The maximum Gasteiger partial charge on any atom is 0.317 e. The van der Waals surface area contributed by atoms with Crippen LogP contribution >= 0.6 is 0 Å². The Hall–Kier alpha value is -0.810. The molecule has 1 heterocycles. The molecule has 1 saturated heterocycles. The van der Waals surface area contributed by atoms with Crippen LogP contribution in [0.5, 0.6) is 0 Å². The van der Waals surface area contributed by atoms with E-state index in [-0.39, 0.29) is 17.6 Å². The smallest absolute Gasteiger partial charge is 0.317 e. The summed E-state index contributed by atoms with van der Waals surface area (Å²) in [6.45, 7) is 11.6. The summed E-state index contributed by atoms with van der Waals surface area (Å²) in [5.41, 5.74) is -0.0929. The molecule has 0 spiro atoms. The Balaban J connectivity index is 2.37. The van der Waals surface area contributed by atoms with Gasteiger partial charge in [0.1, 0.15) is 0 Å². The monoisotopic (exact) mass is 300 g/mol. The minimum atomic E-state index is -0.345. The van der Waals surface area contributed by atoms with Crippen molar-refractivity contribution in [1.29, 1.82) is 0 Å². The largest absolute Gasteiger partial charge is 0.393 e. The van der Waals surface area contributed by atoms with E-state index in [4.69, 9.17) is 4.74 Å². The highest BCUT2D eigenvalue weighted by molar-refractivity contribution is 5.74. The van der Waals surface area contributed by atoms with Crippen molar-refractivity contribution in [2.24, 2.45) is 11.3 Å². The standard InChI is InChI=1S/C16H32N2O3/c1-5-21-11-14-7-6-8-18(10-14)15(20)17-12-16(3,4)9-13(2)19/h13-14,19H,5-12H2,1-4H3,(H,17,20). The molecule has 1 fully saturated rings. The Labute approximate surface area is 129 Å². The summed E-state index contributed by atoms with van der Waals surface area (Å²) < 4.78 is 5.47. The fourth-order valence-corrected chi connectivity index (χ4v) is 2.97. The second-order valence-electron chi connectivity index (χ2n) is 6.99. The first-order valence-corrected chi connectivity index (χ1v) is 8.12. The van der Waals surface area contributed by atoms with Gasteiger partial charge in [-0.25, -0.2) is 4.79 Å². The van der Waals surface area contributed by atoms with Crippen molar-refractivity contribution in [3.8, 4) is 0 Å². The molecule has 0 aromatic rings. The predicted octanol–water partition coefficient (Wildman–Crippen LogP) is 2.24. The van der Waals surface area contributed by atoms with E-state index in [1.807, 2.05) is 11.8 Å². The zero-order valence-corrected chi connectivity index (χ0v) is 14.0. The van der Waals surface area contributed by atoms with Crippen molar-refractivity contribution >= 4 is 6.03 Å². The molecular formula is C16H32N2O3. The van der Waals surface area contributed by atoms with Crippen LogP contribution in [0.1, 0.15) is 47.0 Å². The number of ether oxygens (including phenoxy) is 1. The van der Waals surface area contributed by atoms with Crippen molar-refractivity contribution in [3.05, 3.63) is 0 Å².